The largest absolute Gasteiger partial charge is 0.351 e. The molecule has 2 heterocycles. The van der Waals surface area contributed by atoms with Gasteiger partial charge in [-0.05, 0) is 19.4 Å². The molecule has 5 heteroatoms. The van der Waals surface area contributed by atoms with Crippen molar-refractivity contribution < 1.29 is 4.79 Å². The maximum Gasteiger partial charge on any atom is 0.261 e. The minimum absolute atomic E-state index is 0.0390. The van der Waals surface area contributed by atoms with Crippen molar-refractivity contribution in [2.75, 3.05) is 6.54 Å². The highest BCUT2D eigenvalue weighted by molar-refractivity contribution is 7.20. The molecule has 2 rings (SSSR count). The molecule has 0 saturated heterocycles. The van der Waals surface area contributed by atoms with Gasteiger partial charge < -0.3 is 5.32 Å². The molecule has 0 radical (unpaired) electrons. The molecule has 0 unspecified atom stereocenters. The van der Waals surface area contributed by atoms with Crippen LogP contribution < -0.4 is 5.32 Å². The smallest absolute Gasteiger partial charge is 0.261 e. The van der Waals surface area contributed by atoms with E-state index in [0.29, 0.717) is 0 Å². The van der Waals surface area contributed by atoms with Gasteiger partial charge in [-0.2, -0.15) is 5.10 Å². The fraction of sp³-hybridized carbons (Fsp3) is 0.571. The van der Waals surface area contributed by atoms with Crippen LogP contribution in [0.1, 0.15) is 48.0 Å². The van der Waals surface area contributed by atoms with E-state index < -0.39 is 0 Å². The van der Waals surface area contributed by atoms with Crippen molar-refractivity contribution in [1.29, 1.82) is 0 Å². The van der Waals surface area contributed by atoms with Gasteiger partial charge in [-0.25, -0.2) is 0 Å². The summed E-state index contributed by atoms with van der Waals surface area (Å²) >= 11 is 1.51. The van der Waals surface area contributed by atoms with Gasteiger partial charge in [0, 0.05) is 19.0 Å². The zero-order valence-electron chi connectivity index (χ0n) is 11.8. The van der Waals surface area contributed by atoms with Crippen LogP contribution >= 0.6 is 11.3 Å². The fourth-order valence-electron chi connectivity index (χ4n) is 2.16. The second-order valence-corrected chi connectivity index (χ2v) is 5.89. The molecule has 0 aliphatic carbocycles. The van der Waals surface area contributed by atoms with Crippen LogP contribution in [0.2, 0.25) is 0 Å². The molecule has 4 nitrogen and oxygen atoms in total. The number of thiophene rings is 1. The molecule has 1 amide bonds. The Bertz CT molecular complexity index is 536. The van der Waals surface area contributed by atoms with Crippen molar-refractivity contribution in [3.05, 3.63) is 16.6 Å². The molecule has 0 saturated carbocycles. The van der Waals surface area contributed by atoms with Gasteiger partial charge in [0.25, 0.3) is 5.91 Å². The molecule has 0 fully saturated rings. The number of carbonyl (C=O) groups is 1. The number of aromatic nitrogens is 2. The topological polar surface area (TPSA) is 46.9 Å². The Balaban J connectivity index is 1.96. The second kappa shape index (κ2) is 6.19. The third-order valence-electron chi connectivity index (χ3n) is 3.24. The number of unbranched alkanes of at least 4 members (excludes halogenated alkanes) is 3. The molecule has 104 valence electrons. The highest BCUT2D eigenvalue weighted by Gasteiger charge is 2.14. The zero-order chi connectivity index (χ0) is 13.8. The molecule has 19 heavy (non-hydrogen) atoms. The van der Waals surface area contributed by atoms with Crippen LogP contribution in [0, 0.1) is 6.92 Å². The van der Waals surface area contributed by atoms with Gasteiger partial charge in [-0.1, -0.05) is 26.2 Å². The van der Waals surface area contributed by atoms with Crippen molar-refractivity contribution in [3.63, 3.8) is 0 Å². The normalized spacial score (nSPS) is 11.1. The summed E-state index contributed by atoms with van der Waals surface area (Å²) in [6.07, 6.45) is 4.71. The molecule has 1 N–H and O–H groups in total. The summed E-state index contributed by atoms with van der Waals surface area (Å²) in [5, 5.41) is 8.42. The van der Waals surface area contributed by atoms with Gasteiger partial charge >= 0.3 is 0 Å². The molecule has 0 bridgehead atoms. The summed E-state index contributed by atoms with van der Waals surface area (Å²) in [6.45, 7) is 4.93. The van der Waals surface area contributed by atoms with Gasteiger partial charge in [0.05, 0.1) is 10.6 Å². The van der Waals surface area contributed by atoms with E-state index in [1.165, 1.54) is 30.6 Å². The molecule has 0 aromatic carbocycles. The van der Waals surface area contributed by atoms with E-state index in [1.807, 2.05) is 24.7 Å². The molecular weight excluding hydrogens is 258 g/mol. The number of carbonyl (C=O) groups excluding carboxylic acids is 1. The summed E-state index contributed by atoms with van der Waals surface area (Å²) in [5.74, 6) is 0.0390. The number of amides is 1. The van der Waals surface area contributed by atoms with Crippen molar-refractivity contribution in [3.8, 4) is 0 Å². The molecule has 2 aromatic heterocycles. The third kappa shape index (κ3) is 3.15. The van der Waals surface area contributed by atoms with Crippen molar-refractivity contribution in [1.82, 2.24) is 15.1 Å². The average Bonchev–Trinajstić information content (AvgIpc) is 2.92. The number of rotatable bonds is 6. The first-order valence-corrected chi connectivity index (χ1v) is 7.66. The van der Waals surface area contributed by atoms with E-state index in [2.05, 4.69) is 17.3 Å². The Morgan fingerprint density at radius 2 is 2.21 bits per heavy atom. The minimum Gasteiger partial charge on any atom is -0.351 e. The van der Waals surface area contributed by atoms with Crippen LogP contribution in [0.3, 0.4) is 0 Å². The SMILES string of the molecule is CCCCCCNC(=O)c1cc2c(C)nn(C)c2s1. The third-order valence-corrected chi connectivity index (χ3v) is 4.44. The van der Waals surface area contributed by atoms with Gasteiger partial charge in [-0.15, -0.1) is 11.3 Å². The standard InChI is InChI=1S/C14H21N3OS/c1-4-5-6-7-8-15-13(18)12-9-11-10(2)16-17(3)14(11)19-12/h9H,4-8H2,1-3H3,(H,15,18). The summed E-state index contributed by atoms with van der Waals surface area (Å²) in [6, 6.07) is 1.95. The summed E-state index contributed by atoms with van der Waals surface area (Å²) in [7, 11) is 1.91. The maximum absolute atomic E-state index is 12.0. The predicted molar refractivity (Wildman–Crippen MR) is 79.8 cm³/mol. The van der Waals surface area contributed by atoms with Gasteiger partial charge in [-0.3, -0.25) is 9.48 Å². The zero-order valence-corrected chi connectivity index (χ0v) is 12.6. The molecule has 2 aromatic rings. The summed E-state index contributed by atoms with van der Waals surface area (Å²) in [4.78, 5) is 13.9. The fourth-order valence-corrected chi connectivity index (χ4v) is 3.20. The first-order valence-electron chi connectivity index (χ1n) is 6.84. The van der Waals surface area contributed by atoms with Crippen LogP contribution in [0.15, 0.2) is 6.07 Å². The quantitative estimate of drug-likeness (QED) is 0.825. The van der Waals surface area contributed by atoms with Crippen molar-refractivity contribution in [2.45, 2.75) is 39.5 Å². The van der Waals surface area contributed by atoms with Gasteiger partial charge in [0.15, 0.2) is 0 Å². The highest BCUT2D eigenvalue weighted by atomic mass is 32.1. The number of nitrogens with zero attached hydrogens (tertiary/aromatic N) is 2. The lowest BCUT2D eigenvalue weighted by Crippen LogP contribution is -2.23. The maximum atomic E-state index is 12.0. The van der Waals surface area contributed by atoms with Crippen molar-refractivity contribution in [2.24, 2.45) is 7.05 Å². The number of hydrogen-bond acceptors (Lipinski definition) is 3. The molecule has 0 aliphatic rings. The molecular formula is C14H21N3OS. The first-order chi connectivity index (χ1) is 9.13. The Morgan fingerprint density at radius 3 is 2.89 bits per heavy atom. The van der Waals surface area contributed by atoms with E-state index in [9.17, 15) is 4.79 Å². The van der Waals surface area contributed by atoms with E-state index in [4.69, 9.17) is 0 Å². The van der Waals surface area contributed by atoms with Gasteiger partial charge in [0.1, 0.15) is 4.83 Å². The Labute approximate surface area is 117 Å². The van der Waals surface area contributed by atoms with Crippen molar-refractivity contribution >= 4 is 27.5 Å². The van der Waals surface area contributed by atoms with E-state index >= 15 is 0 Å². The summed E-state index contributed by atoms with van der Waals surface area (Å²) in [5.41, 5.74) is 0.982. The lowest BCUT2D eigenvalue weighted by atomic mass is 10.2. The lowest BCUT2D eigenvalue weighted by molar-refractivity contribution is 0.0957. The Kier molecular flexibility index (Phi) is 4.58. The molecule has 0 atom stereocenters. The average molecular weight is 279 g/mol. The predicted octanol–water partition coefficient (Wildman–Crippen LogP) is 3.25. The first kappa shape index (κ1) is 14.1. The summed E-state index contributed by atoms with van der Waals surface area (Å²) < 4.78 is 1.84. The van der Waals surface area contributed by atoms with Crippen LogP contribution in [-0.4, -0.2) is 22.2 Å². The number of nitrogens with one attached hydrogen (secondary N) is 1. The Morgan fingerprint density at radius 1 is 1.42 bits per heavy atom. The minimum atomic E-state index is 0.0390. The molecule has 0 aliphatic heterocycles. The Hall–Kier alpha value is -1.36. The van der Waals surface area contributed by atoms with Crippen LogP contribution in [-0.2, 0) is 7.05 Å². The van der Waals surface area contributed by atoms with E-state index in [-0.39, 0.29) is 5.91 Å². The number of hydrogen-bond donors (Lipinski definition) is 1. The van der Waals surface area contributed by atoms with Crippen LogP contribution in [0.4, 0.5) is 0 Å². The second-order valence-electron chi connectivity index (χ2n) is 4.86. The van der Waals surface area contributed by atoms with E-state index in [0.717, 1.165) is 33.8 Å². The monoisotopic (exact) mass is 279 g/mol. The van der Waals surface area contributed by atoms with Crippen LogP contribution in [0.5, 0.6) is 0 Å². The lowest BCUT2D eigenvalue weighted by Gasteiger charge is -2.02. The van der Waals surface area contributed by atoms with Gasteiger partial charge in [0.2, 0.25) is 0 Å². The number of aryl methyl sites for hydroxylation is 2. The van der Waals surface area contributed by atoms with E-state index in [1.54, 1.807) is 0 Å². The number of fused-ring (bicyclic) bond motifs is 1. The van der Waals surface area contributed by atoms with Crippen LogP contribution in [0.25, 0.3) is 10.2 Å². The highest BCUT2D eigenvalue weighted by Crippen LogP contribution is 2.27. The molecule has 0 spiro atoms.